The molecule has 126 valence electrons. The van der Waals surface area contributed by atoms with Crippen molar-refractivity contribution in [2.45, 2.75) is 6.04 Å². The highest BCUT2D eigenvalue weighted by atomic mass is 35.5. The first-order valence-corrected chi connectivity index (χ1v) is 8.39. The van der Waals surface area contributed by atoms with Gasteiger partial charge in [-0.05, 0) is 59.7 Å². The van der Waals surface area contributed by atoms with E-state index in [1.54, 1.807) is 24.3 Å². The van der Waals surface area contributed by atoms with E-state index in [0.717, 1.165) is 16.8 Å². The number of anilines is 1. The van der Waals surface area contributed by atoms with Crippen LogP contribution in [0.2, 0.25) is 10.0 Å². The molecule has 0 radical (unpaired) electrons. The van der Waals surface area contributed by atoms with Crippen molar-refractivity contribution < 1.29 is 9.90 Å². The lowest BCUT2D eigenvalue weighted by atomic mass is 9.98. The highest BCUT2D eigenvalue weighted by Crippen LogP contribution is 2.28. The van der Waals surface area contributed by atoms with Crippen molar-refractivity contribution in [1.29, 1.82) is 0 Å². The van der Waals surface area contributed by atoms with Crippen LogP contribution in [0.3, 0.4) is 0 Å². The summed E-state index contributed by atoms with van der Waals surface area (Å²) in [6.45, 7) is 0. The Morgan fingerprint density at radius 3 is 1.60 bits per heavy atom. The van der Waals surface area contributed by atoms with Gasteiger partial charge in [-0.1, -0.05) is 47.5 Å². The topological polar surface area (TPSA) is 49.3 Å². The predicted octanol–water partition coefficient (Wildman–Crippen LogP) is 5.89. The molecule has 0 aromatic heterocycles. The fraction of sp³-hybridized carbons (Fsp3) is 0.0500. The summed E-state index contributed by atoms with van der Waals surface area (Å²) >= 11 is 12.0. The zero-order valence-electron chi connectivity index (χ0n) is 13.1. The third-order valence-corrected chi connectivity index (χ3v) is 4.35. The van der Waals surface area contributed by atoms with E-state index in [2.05, 4.69) is 5.32 Å². The average Bonchev–Trinajstić information content (AvgIpc) is 2.62. The standard InChI is InChI=1S/C20H15Cl2NO2/c21-16-7-1-13(2-8-16)19(14-3-9-17(22)10-4-14)23-18-11-5-15(6-12-18)20(24)25/h1-12,19,23H,(H,24,25). The molecule has 3 rings (SSSR count). The molecule has 0 aliphatic rings. The molecule has 3 nitrogen and oxygen atoms in total. The number of hydrogen-bond donors (Lipinski definition) is 2. The first-order chi connectivity index (χ1) is 12.0. The maximum Gasteiger partial charge on any atom is 0.335 e. The summed E-state index contributed by atoms with van der Waals surface area (Å²) in [5.74, 6) is -0.946. The van der Waals surface area contributed by atoms with E-state index < -0.39 is 5.97 Å². The van der Waals surface area contributed by atoms with Crippen LogP contribution < -0.4 is 5.32 Å². The van der Waals surface area contributed by atoms with Gasteiger partial charge < -0.3 is 10.4 Å². The molecule has 0 unspecified atom stereocenters. The van der Waals surface area contributed by atoms with Crippen LogP contribution in [0.15, 0.2) is 72.8 Å². The third kappa shape index (κ3) is 4.32. The Bertz CT molecular complexity index is 814. The van der Waals surface area contributed by atoms with Crippen molar-refractivity contribution in [1.82, 2.24) is 0 Å². The Balaban J connectivity index is 1.94. The molecule has 0 fully saturated rings. The lowest BCUT2D eigenvalue weighted by Gasteiger charge is -2.21. The molecule has 5 heteroatoms. The van der Waals surface area contributed by atoms with Gasteiger partial charge in [-0.3, -0.25) is 0 Å². The van der Waals surface area contributed by atoms with Crippen LogP contribution in [0.25, 0.3) is 0 Å². The molecule has 3 aromatic rings. The fourth-order valence-electron chi connectivity index (χ4n) is 2.55. The largest absolute Gasteiger partial charge is 0.478 e. The summed E-state index contributed by atoms with van der Waals surface area (Å²) in [5.41, 5.74) is 3.14. The molecular formula is C20H15Cl2NO2. The minimum atomic E-state index is -0.946. The highest BCUT2D eigenvalue weighted by molar-refractivity contribution is 6.30. The van der Waals surface area contributed by atoms with Gasteiger partial charge in [-0.15, -0.1) is 0 Å². The molecule has 0 saturated heterocycles. The molecule has 0 heterocycles. The maximum absolute atomic E-state index is 11.0. The zero-order valence-corrected chi connectivity index (χ0v) is 14.6. The number of benzene rings is 3. The Morgan fingerprint density at radius 1 is 0.760 bits per heavy atom. The van der Waals surface area contributed by atoms with E-state index in [4.69, 9.17) is 28.3 Å². The Kier molecular flexibility index (Phi) is 5.27. The van der Waals surface area contributed by atoms with E-state index in [0.29, 0.717) is 10.0 Å². The first-order valence-electron chi connectivity index (χ1n) is 7.64. The predicted molar refractivity (Wildman–Crippen MR) is 102 cm³/mol. The van der Waals surface area contributed by atoms with Gasteiger partial charge in [0, 0.05) is 15.7 Å². The lowest BCUT2D eigenvalue weighted by molar-refractivity contribution is 0.0697. The molecule has 2 N–H and O–H groups in total. The molecular weight excluding hydrogens is 357 g/mol. The summed E-state index contributed by atoms with van der Waals surface area (Å²) in [5, 5.41) is 13.8. The molecule has 0 aliphatic heterocycles. The molecule has 0 amide bonds. The summed E-state index contributed by atoms with van der Waals surface area (Å²) < 4.78 is 0. The number of aromatic carboxylic acids is 1. The van der Waals surface area contributed by atoms with E-state index in [1.807, 2.05) is 48.5 Å². The normalized spacial score (nSPS) is 10.7. The van der Waals surface area contributed by atoms with Crippen LogP contribution in [0.1, 0.15) is 27.5 Å². The van der Waals surface area contributed by atoms with Gasteiger partial charge in [0.1, 0.15) is 0 Å². The van der Waals surface area contributed by atoms with E-state index in [-0.39, 0.29) is 11.6 Å². The van der Waals surface area contributed by atoms with Gasteiger partial charge >= 0.3 is 5.97 Å². The Hall–Kier alpha value is -2.49. The van der Waals surface area contributed by atoms with Crippen LogP contribution >= 0.6 is 23.2 Å². The quantitative estimate of drug-likeness (QED) is 0.587. The van der Waals surface area contributed by atoms with Gasteiger partial charge in [0.15, 0.2) is 0 Å². The first kappa shape index (κ1) is 17.3. The number of carbonyl (C=O) groups is 1. The lowest BCUT2D eigenvalue weighted by Crippen LogP contribution is -2.12. The van der Waals surface area contributed by atoms with E-state index >= 15 is 0 Å². The number of halogens is 2. The minimum absolute atomic E-state index is 0.120. The molecule has 25 heavy (non-hydrogen) atoms. The second-order valence-corrected chi connectivity index (χ2v) is 6.44. The Morgan fingerprint density at radius 2 is 1.20 bits per heavy atom. The summed E-state index contributed by atoms with van der Waals surface area (Å²) in [7, 11) is 0. The molecule has 3 aromatic carbocycles. The second kappa shape index (κ2) is 7.60. The van der Waals surface area contributed by atoms with Crippen molar-refractivity contribution in [3.05, 3.63) is 99.5 Å². The summed E-state index contributed by atoms with van der Waals surface area (Å²) in [6, 6.07) is 21.7. The summed E-state index contributed by atoms with van der Waals surface area (Å²) in [4.78, 5) is 11.0. The number of hydrogen-bond acceptors (Lipinski definition) is 2. The highest BCUT2D eigenvalue weighted by Gasteiger charge is 2.14. The molecule has 0 spiro atoms. The fourth-order valence-corrected chi connectivity index (χ4v) is 2.80. The van der Waals surface area contributed by atoms with Gasteiger partial charge in [0.2, 0.25) is 0 Å². The third-order valence-electron chi connectivity index (χ3n) is 3.85. The number of rotatable bonds is 5. The van der Waals surface area contributed by atoms with Gasteiger partial charge in [-0.2, -0.15) is 0 Å². The van der Waals surface area contributed by atoms with Crippen LogP contribution in [-0.2, 0) is 0 Å². The maximum atomic E-state index is 11.0. The van der Waals surface area contributed by atoms with Gasteiger partial charge in [-0.25, -0.2) is 4.79 Å². The van der Waals surface area contributed by atoms with E-state index in [9.17, 15) is 4.79 Å². The van der Waals surface area contributed by atoms with Gasteiger partial charge in [0.05, 0.1) is 11.6 Å². The van der Waals surface area contributed by atoms with Crippen molar-refractivity contribution in [3.8, 4) is 0 Å². The SMILES string of the molecule is O=C(O)c1ccc(NC(c2ccc(Cl)cc2)c2ccc(Cl)cc2)cc1. The molecule has 0 bridgehead atoms. The second-order valence-electron chi connectivity index (χ2n) is 5.56. The molecule has 0 atom stereocenters. The number of carboxylic acid groups (broad SMARTS) is 1. The van der Waals surface area contributed by atoms with Crippen molar-refractivity contribution in [3.63, 3.8) is 0 Å². The van der Waals surface area contributed by atoms with Crippen LogP contribution in [0.4, 0.5) is 5.69 Å². The van der Waals surface area contributed by atoms with Crippen LogP contribution in [0, 0.1) is 0 Å². The smallest absolute Gasteiger partial charge is 0.335 e. The molecule has 0 aliphatic carbocycles. The Labute approximate surface area is 155 Å². The van der Waals surface area contributed by atoms with Crippen molar-refractivity contribution in [2.75, 3.05) is 5.32 Å². The molecule has 0 saturated carbocycles. The van der Waals surface area contributed by atoms with Crippen molar-refractivity contribution >= 4 is 34.9 Å². The van der Waals surface area contributed by atoms with Gasteiger partial charge in [0.25, 0.3) is 0 Å². The monoisotopic (exact) mass is 371 g/mol. The van der Waals surface area contributed by atoms with Crippen LogP contribution in [-0.4, -0.2) is 11.1 Å². The minimum Gasteiger partial charge on any atom is -0.478 e. The van der Waals surface area contributed by atoms with E-state index in [1.165, 1.54) is 0 Å². The number of carboxylic acids is 1. The zero-order chi connectivity index (χ0) is 17.8. The average molecular weight is 372 g/mol. The number of nitrogens with one attached hydrogen (secondary N) is 1. The van der Waals surface area contributed by atoms with Crippen molar-refractivity contribution in [2.24, 2.45) is 0 Å². The van der Waals surface area contributed by atoms with Crippen LogP contribution in [0.5, 0.6) is 0 Å². The summed E-state index contributed by atoms with van der Waals surface area (Å²) in [6.07, 6.45) is 0.